The maximum atomic E-state index is 11.8. The average Bonchev–Trinajstić information content (AvgIpc) is 2.62. The summed E-state index contributed by atoms with van der Waals surface area (Å²) < 4.78 is 0. The number of carbonyl (C=O) groups is 2. The van der Waals surface area contributed by atoms with Crippen LogP contribution in [0.1, 0.15) is 22.3 Å². The third-order valence-electron chi connectivity index (χ3n) is 4.18. The molecule has 4 nitrogen and oxygen atoms in total. The van der Waals surface area contributed by atoms with E-state index in [2.05, 4.69) is 17.1 Å². The Morgan fingerprint density at radius 3 is 2.50 bits per heavy atom. The van der Waals surface area contributed by atoms with Crippen LogP contribution >= 0.6 is 0 Å². The van der Waals surface area contributed by atoms with Gasteiger partial charge in [0.05, 0.1) is 0 Å². The predicted octanol–water partition coefficient (Wildman–Crippen LogP) is 3.38. The molecule has 1 N–H and O–H groups in total. The molecule has 0 bridgehead atoms. The molecule has 0 radical (unpaired) electrons. The van der Waals surface area contributed by atoms with Crippen LogP contribution in [0.2, 0.25) is 0 Å². The van der Waals surface area contributed by atoms with Crippen molar-refractivity contribution in [2.45, 2.75) is 13.0 Å². The van der Waals surface area contributed by atoms with Gasteiger partial charge in [0.15, 0.2) is 0 Å². The zero-order chi connectivity index (χ0) is 16.9. The second-order valence-electron chi connectivity index (χ2n) is 5.87. The Labute approximate surface area is 141 Å². The largest absolute Gasteiger partial charge is 0.475 e. The van der Waals surface area contributed by atoms with E-state index >= 15 is 0 Å². The van der Waals surface area contributed by atoms with Crippen molar-refractivity contribution < 1.29 is 14.7 Å². The summed E-state index contributed by atoms with van der Waals surface area (Å²) in [4.78, 5) is 25.1. The van der Waals surface area contributed by atoms with Crippen molar-refractivity contribution in [3.05, 3.63) is 71.8 Å². The summed E-state index contributed by atoms with van der Waals surface area (Å²) in [6.45, 7) is 2.52. The molecular weight excluding hydrogens is 302 g/mol. The van der Waals surface area contributed by atoms with Crippen LogP contribution in [-0.4, -0.2) is 34.8 Å². The predicted molar refractivity (Wildman–Crippen MR) is 92.9 cm³/mol. The molecule has 0 saturated heterocycles. The van der Waals surface area contributed by atoms with Gasteiger partial charge in [-0.15, -0.1) is 0 Å². The Balaban J connectivity index is 1.99. The lowest BCUT2D eigenvalue weighted by Gasteiger charge is -2.24. The summed E-state index contributed by atoms with van der Waals surface area (Å²) in [5, 5.41) is 8.96. The standard InChI is InChI=1S/C20H19NO3/c22-19(20(23)24)16-9-10-18(15-7-3-1-4-8-15)17(13-16)14-21-11-5-2-6-12-21/h1-5,7-10,13H,6,11-12,14H2,(H,23,24). The zero-order valence-electron chi connectivity index (χ0n) is 13.3. The van der Waals surface area contributed by atoms with E-state index in [-0.39, 0.29) is 5.56 Å². The fourth-order valence-electron chi connectivity index (χ4n) is 2.96. The van der Waals surface area contributed by atoms with E-state index < -0.39 is 11.8 Å². The topological polar surface area (TPSA) is 57.6 Å². The maximum Gasteiger partial charge on any atom is 0.377 e. The van der Waals surface area contributed by atoms with Gasteiger partial charge in [0.1, 0.15) is 0 Å². The second-order valence-corrected chi connectivity index (χ2v) is 5.87. The number of nitrogens with zero attached hydrogens (tertiary/aromatic N) is 1. The molecule has 4 heteroatoms. The van der Waals surface area contributed by atoms with Crippen LogP contribution in [0.25, 0.3) is 11.1 Å². The molecule has 0 unspecified atom stereocenters. The van der Waals surface area contributed by atoms with Gasteiger partial charge in [-0.3, -0.25) is 9.69 Å². The Kier molecular flexibility index (Phi) is 4.87. The van der Waals surface area contributed by atoms with Gasteiger partial charge in [0.25, 0.3) is 5.78 Å². The van der Waals surface area contributed by atoms with Gasteiger partial charge in [-0.05, 0) is 29.2 Å². The Hall–Kier alpha value is -2.72. The monoisotopic (exact) mass is 321 g/mol. The first-order chi connectivity index (χ1) is 11.6. The van der Waals surface area contributed by atoms with Crippen molar-refractivity contribution in [2.24, 2.45) is 0 Å². The Bertz CT molecular complexity index is 781. The van der Waals surface area contributed by atoms with E-state index in [9.17, 15) is 9.59 Å². The molecule has 0 aliphatic carbocycles. The maximum absolute atomic E-state index is 11.8. The molecule has 24 heavy (non-hydrogen) atoms. The SMILES string of the molecule is O=C(O)C(=O)c1ccc(-c2ccccc2)c(CN2CC=CCC2)c1. The average molecular weight is 321 g/mol. The van der Waals surface area contributed by atoms with Crippen molar-refractivity contribution in [1.29, 1.82) is 0 Å². The number of ketones is 1. The van der Waals surface area contributed by atoms with Crippen LogP contribution < -0.4 is 0 Å². The van der Waals surface area contributed by atoms with Crippen LogP contribution in [0.4, 0.5) is 0 Å². The smallest absolute Gasteiger partial charge is 0.377 e. The summed E-state index contributed by atoms with van der Waals surface area (Å²) in [6.07, 6.45) is 5.31. The van der Waals surface area contributed by atoms with Crippen LogP contribution in [0, 0.1) is 0 Å². The number of hydrogen-bond donors (Lipinski definition) is 1. The molecular formula is C20H19NO3. The Morgan fingerprint density at radius 2 is 1.83 bits per heavy atom. The lowest BCUT2D eigenvalue weighted by molar-refractivity contribution is -0.131. The number of Topliss-reactive ketones (excluding diaryl/α,β-unsaturated/α-hetero) is 1. The van der Waals surface area contributed by atoms with Crippen LogP contribution in [0.15, 0.2) is 60.7 Å². The highest BCUT2D eigenvalue weighted by atomic mass is 16.4. The molecule has 0 aromatic heterocycles. The summed E-state index contributed by atoms with van der Waals surface area (Å²) >= 11 is 0. The highest BCUT2D eigenvalue weighted by Gasteiger charge is 2.18. The van der Waals surface area contributed by atoms with E-state index in [1.54, 1.807) is 12.1 Å². The highest BCUT2D eigenvalue weighted by Crippen LogP contribution is 2.26. The Morgan fingerprint density at radius 1 is 1.04 bits per heavy atom. The first-order valence-electron chi connectivity index (χ1n) is 7.98. The van der Waals surface area contributed by atoms with Crippen LogP contribution in [0.3, 0.4) is 0 Å². The summed E-state index contributed by atoms with van der Waals surface area (Å²) in [6, 6.07) is 15.1. The quantitative estimate of drug-likeness (QED) is 0.521. The minimum Gasteiger partial charge on any atom is -0.475 e. The normalized spacial score (nSPS) is 14.5. The number of carbonyl (C=O) groups excluding carboxylic acids is 1. The number of aliphatic carboxylic acids is 1. The van der Waals surface area contributed by atoms with Crippen molar-refractivity contribution in [3.8, 4) is 11.1 Å². The van der Waals surface area contributed by atoms with Crippen molar-refractivity contribution in [1.82, 2.24) is 4.90 Å². The van der Waals surface area contributed by atoms with Crippen LogP contribution in [0.5, 0.6) is 0 Å². The fraction of sp³-hybridized carbons (Fsp3) is 0.200. The van der Waals surface area contributed by atoms with Crippen molar-refractivity contribution in [2.75, 3.05) is 13.1 Å². The van der Waals surface area contributed by atoms with E-state index in [1.807, 2.05) is 36.4 Å². The van der Waals surface area contributed by atoms with Crippen molar-refractivity contribution >= 4 is 11.8 Å². The number of hydrogen-bond acceptors (Lipinski definition) is 3. The molecule has 0 atom stereocenters. The number of carboxylic acid groups (broad SMARTS) is 1. The lowest BCUT2D eigenvalue weighted by atomic mass is 9.95. The van der Waals surface area contributed by atoms with Gasteiger partial charge in [-0.25, -0.2) is 4.79 Å². The van der Waals surface area contributed by atoms with Crippen LogP contribution in [-0.2, 0) is 11.3 Å². The first-order valence-corrected chi connectivity index (χ1v) is 7.98. The van der Waals surface area contributed by atoms with E-state index in [1.165, 1.54) is 0 Å². The molecule has 2 aromatic carbocycles. The highest BCUT2D eigenvalue weighted by molar-refractivity contribution is 6.39. The van der Waals surface area contributed by atoms with Gasteiger partial charge in [-0.1, -0.05) is 54.6 Å². The van der Waals surface area contributed by atoms with E-state index in [0.717, 1.165) is 36.2 Å². The first kappa shape index (κ1) is 16.1. The zero-order valence-corrected chi connectivity index (χ0v) is 13.3. The third kappa shape index (κ3) is 3.60. The van der Waals surface area contributed by atoms with Gasteiger partial charge in [0.2, 0.25) is 0 Å². The molecule has 0 saturated carbocycles. The number of carboxylic acids is 1. The molecule has 2 aromatic rings. The van der Waals surface area contributed by atoms with E-state index in [0.29, 0.717) is 6.54 Å². The van der Waals surface area contributed by atoms with Gasteiger partial charge >= 0.3 is 5.97 Å². The summed E-state index contributed by atoms with van der Waals surface area (Å²) in [5.74, 6) is -2.29. The summed E-state index contributed by atoms with van der Waals surface area (Å²) in [7, 11) is 0. The molecule has 1 aliphatic heterocycles. The molecule has 122 valence electrons. The second kappa shape index (κ2) is 7.23. The minimum absolute atomic E-state index is 0.227. The van der Waals surface area contributed by atoms with E-state index in [4.69, 9.17) is 5.11 Å². The molecule has 0 spiro atoms. The molecule has 0 amide bonds. The van der Waals surface area contributed by atoms with Gasteiger partial charge in [0, 0.05) is 25.2 Å². The number of rotatable bonds is 5. The van der Waals surface area contributed by atoms with Crippen molar-refractivity contribution in [3.63, 3.8) is 0 Å². The van der Waals surface area contributed by atoms with Gasteiger partial charge < -0.3 is 5.11 Å². The third-order valence-corrected chi connectivity index (χ3v) is 4.18. The van der Waals surface area contributed by atoms with Gasteiger partial charge in [-0.2, -0.15) is 0 Å². The molecule has 3 rings (SSSR count). The molecule has 1 aliphatic rings. The number of benzene rings is 2. The minimum atomic E-state index is -1.42. The fourth-order valence-corrected chi connectivity index (χ4v) is 2.96. The summed E-state index contributed by atoms with van der Waals surface area (Å²) in [5.41, 5.74) is 3.30. The molecule has 0 fully saturated rings. The lowest BCUT2D eigenvalue weighted by Crippen LogP contribution is -2.27. The molecule has 1 heterocycles.